The number of aryl methyl sites for hydroxylation is 1. The van der Waals surface area contributed by atoms with Crippen molar-refractivity contribution in [3.05, 3.63) is 58.0 Å². The predicted octanol–water partition coefficient (Wildman–Crippen LogP) is 4.10. The number of fused-ring (bicyclic) bond motifs is 1. The summed E-state index contributed by atoms with van der Waals surface area (Å²) >= 11 is 1.76. The molecule has 0 fully saturated rings. The third-order valence-corrected chi connectivity index (χ3v) is 4.40. The summed E-state index contributed by atoms with van der Waals surface area (Å²) in [5.41, 5.74) is 7.16. The Morgan fingerprint density at radius 3 is 2.78 bits per heavy atom. The Labute approximate surface area is 110 Å². The number of para-hydroxylation sites is 1. The zero-order chi connectivity index (χ0) is 12.5. The summed E-state index contributed by atoms with van der Waals surface area (Å²) in [6.45, 7) is 2.16. The van der Waals surface area contributed by atoms with Crippen LogP contribution in [0.4, 0.5) is 0 Å². The molecular weight excluding hydrogens is 242 g/mol. The molecule has 1 aromatic carbocycles. The van der Waals surface area contributed by atoms with Gasteiger partial charge in [0.15, 0.2) is 0 Å². The van der Waals surface area contributed by atoms with E-state index < -0.39 is 0 Å². The van der Waals surface area contributed by atoms with Crippen LogP contribution in [0, 0.1) is 0 Å². The minimum atomic E-state index is -0.164. The molecule has 0 radical (unpaired) electrons. The average Bonchev–Trinajstić information content (AvgIpc) is 3.04. The summed E-state index contributed by atoms with van der Waals surface area (Å²) in [6.07, 6.45) is 1.05. The Balaban J connectivity index is 1.98. The van der Waals surface area contributed by atoms with Crippen LogP contribution in [-0.2, 0) is 6.42 Å². The first-order valence-corrected chi connectivity index (χ1v) is 6.92. The fraction of sp³-hybridized carbons (Fsp3) is 0.200. The summed E-state index contributed by atoms with van der Waals surface area (Å²) in [5, 5.41) is 1.11. The average molecular weight is 257 g/mol. The molecule has 18 heavy (non-hydrogen) atoms. The molecule has 0 aliphatic rings. The van der Waals surface area contributed by atoms with E-state index in [1.165, 1.54) is 4.88 Å². The molecule has 0 aliphatic carbocycles. The number of thiophene rings is 1. The van der Waals surface area contributed by atoms with Crippen molar-refractivity contribution in [1.82, 2.24) is 0 Å². The lowest BCUT2D eigenvalue weighted by molar-refractivity contribution is 0.528. The van der Waals surface area contributed by atoms with Crippen molar-refractivity contribution in [2.45, 2.75) is 19.4 Å². The lowest BCUT2D eigenvalue weighted by Crippen LogP contribution is -2.08. The minimum absolute atomic E-state index is 0.164. The van der Waals surface area contributed by atoms with Crippen LogP contribution in [0.1, 0.15) is 28.5 Å². The Morgan fingerprint density at radius 2 is 2.06 bits per heavy atom. The van der Waals surface area contributed by atoms with Gasteiger partial charge in [-0.1, -0.05) is 25.1 Å². The Kier molecular flexibility index (Phi) is 2.94. The van der Waals surface area contributed by atoms with Crippen molar-refractivity contribution in [3.63, 3.8) is 0 Å². The van der Waals surface area contributed by atoms with Gasteiger partial charge in [-0.2, -0.15) is 0 Å². The molecule has 2 aromatic heterocycles. The highest BCUT2D eigenvalue weighted by molar-refractivity contribution is 7.12. The standard InChI is InChI=1S/C15H15NOS/c1-2-11-7-8-14(18-11)15(16)13-9-10-5-3-4-6-12(10)17-13/h3-9,15H,2,16H2,1H3. The van der Waals surface area contributed by atoms with Crippen molar-refractivity contribution in [2.24, 2.45) is 5.73 Å². The highest BCUT2D eigenvalue weighted by atomic mass is 32.1. The monoisotopic (exact) mass is 257 g/mol. The molecule has 0 saturated carbocycles. The molecule has 0 saturated heterocycles. The first-order valence-electron chi connectivity index (χ1n) is 6.10. The van der Waals surface area contributed by atoms with E-state index in [-0.39, 0.29) is 6.04 Å². The molecular formula is C15H15NOS. The summed E-state index contributed by atoms with van der Waals surface area (Å²) in [6, 6.07) is 14.1. The van der Waals surface area contributed by atoms with Gasteiger partial charge < -0.3 is 10.2 Å². The van der Waals surface area contributed by atoms with Crippen LogP contribution in [0.2, 0.25) is 0 Å². The van der Waals surface area contributed by atoms with Crippen LogP contribution in [0.15, 0.2) is 46.9 Å². The lowest BCUT2D eigenvalue weighted by Gasteiger charge is -2.04. The van der Waals surface area contributed by atoms with Crippen LogP contribution in [0.3, 0.4) is 0 Å². The zero-order valence-corrected chi connectivity index (χ0v) is 11.0. The summed E-state index contributed by atoms with van der Waals surface area (Å²) in [5.74, 6) is 0.834. The smallest absolute Gasteiger partial charge is 0.134 e. The minimum Gasteiger partial charge on any atom is -0.459 e. The van der Waals surface area contributed by atoms with E-state index in [4.69, 9.17) is 10.2 Å². The van der Waals surface area contributed by atoms with Crippen molar-refractivity contribution >= 4 is 22.3 Å². The first kappa shape index (κ1) is 11.5. The van der Waals surface area contributed by atoms with Crippen LogP contribution < -0.4 is 5.73 Å². The van der Waals surface area contributed by atoms with Gasteiger partial charge in [0.2, 0.25) is 0 Å². The molecule has 3 heteroatoms. The molecule has 0 spiro atoms. The number of hydrogen-bond donors (Lipinski definition) is 1. The highest BCUT2D eigenvalue weighted by Crippen LogP contribution is 2.30. The number of nitrogens with two attached hydrogens (primary N) is 1. The van der Waals surface area contributed by atoms with Gasteiger partial charge in [0.1, 0.15) is 11.3 Å². The SMILES string of the molecule is CCc1ccc(C(N)c2cc3ccccc3o2)s1. The van der Waals surface area contributed by atoms with Gasteiger partial charge in [0.25, 0.3) is 0 Å². The third-order valence-electron chi connectivity index (χ3n) is 3.09. The largest absolute Gasteiger partial charge is 0.459 e. The summed E-state index contributed by atoms with van der Waals surface area (Å²) in [7, 11) is 0. The van der Waals surface area contributed by atoms with Gasteiger partial charge in [-0.25, -0.2) is 0 Å². The first-order chi connectivity index (χ1) is 8.78. The van der Waals surface area contributed by atoms with Gasteiger partial charge in [0.05, 0.1) is 6.04 Å². The molecule has 0 amide bonds. The normalized spacial score (nSPS) is 13.0. The molecule has 2 nitrogen and oxygen atoms in total. The van der Waals surface area contributed by atoms with E-state index in [0.717, 1.165) is 28.0 Å². The maximum Gasteiger partial charge on any atom is 0.134 e. The Hall–Kier alpha value is -1.58. The molecule has 1 unspecified atom stereocenters. The lowest BCUT2D eigenvalue weighted by atomic mass is 10.2. The fourth-order valence-electron chi connectivity index (χ4n) is 2.05. The number of furan rings is 1. The Bertz CT molecular complexity index is 635. The molecule has 92 valence electrons. The van der Waals surface area contributed by atoms with Crippen molar-refractivity contribution in [2.75, 3.05) is 0 Å². The van der Waals surface area contributed by atoms with Crippen LogP contribution in [-0.4, -0.2) is 0 Å². The number of rotatable bonds is 3. The van der Waals surface area contributed by atoms with E-state index in [1.807, 2.05) is 30.3 Å². The van der Waals surface area contributed by atoms with Crippen LogP contribution in [0.25, 0.3) is 11.0 Å². The molecule has 1 atom stereocenters. The van der Waals surface area contributed by atoms with Crippen LogP contribution >= 0.6 is 11.3 Å². The predicted molar refractivity (Wildman–Crippen MR) is 75.9 cm³/mol. The summed E-state index contributed by atoms with van der Waals surface area (Å²) < 4.78 is 5.81. The number of benzene rings is 1. The third kappa shape index (κ3) is 1.96. The molecule has 2 N–H and O–H groups in total. The molecule has 2 heterocycles. The van der Waals surface area contributed by atoms with E-state index >= 15 is 0 Å². The number of hydrogen-bond acceptors (Lipinski definition) is 3. The Morgan fingerprint density at radius 1 is 1.22 bits per heavy atom. The van der Waals surface area contributed by atoms with Crippen molar-refractivity contribution in [3.8, 4) is 0 Å². The van der Waals surface area contributed by atoms with Gasteiger partial charge in [-0.05, 0) is 30.7 Å². The quantitative estimate of drug-likeness (QED) is 0.767. The maximum atomic E-state index is 6.26. The summed E-state index contributed by atoms with van der Waals surface area (Å²) in [4.78, 5) is 2.52. The molecule has 3 rings (SSSR count). The van der Waals surface area contributed by atoms with E-state index in [0.29, 0.717) is 0 Å². The topological polar surface area (TPSA) is 39.2 Å². The molecule has 0 bridgehead atoms. The highest BCUT2D eigenvalue weighted by Gasteiger charge is 2.15. The zero-order valence-electron chi connectivity index (χ0n) is 10.2. The van der Waals surface area contributed by atoms with Crippen molar-refractivity contribution < 1.29 is 4.42 Å². The van der Waals surface area contributed by atoms with Gasteiger partial charge >= 0.3 is 0 Å². The second kappa shape index (κ2) is 4.59. The second-order valence-corrected chi connectivity index (χ2v) is 5.52. The van der Waals surface area contributed by atoms with Crippen molar-refractivity contribution in [1.29, 1.82) is 0 Å². The van der Waals surface area contributed by atoms with Gasteiger partial charge in [0, 0.05) is 15.1 Å². The van der Waals surface area contributed by atoms with Gasteiger partial charge in [-0.3, -0.25) is 0 Å². The van der Waals surface area contributed by atoms with Crippen LogP contribution in [0.5, 0.6) is 0 Å². The fourth-order valence-corrected chi connectivity index (χ4v) is 3.01. The van der Waals surface area contributed by atoms with E-state index in [9.17, 15) is 0 Å². The van der Waals surface area contributed by atoms with E-state index in [1.54, 1.807) is 11.3 Å². The molecule has 3 aromatic rings. The second-order valence-electron chi connectivity index (χ2n) is 4.32. The van der Waals surface area contributed by atoms with E-state index in [2.05, 4.69) is 19.1 Å². The van der Waals surface area contributed by atoms with Gasteiger partial charge in [-0.15, -0.1) is 11.3 Å². The maximum absolute atomic E-state index is 6.26. The molecule has 0 aliphatic heterocycles.